The van der Waals surface area contributed by atoms with Crippen LogP contribution < -0.4 is 5.32 Å². The van der Waals surface area contributed by atoms with Gasteiger partial charge in [0.1, 0.15) is 0 Å². The van der Waals surface area contributed by atoms with Gasteiger partial charge in [-0.25, -0.2) is 0 Å². The minimum absolute atomic E-state index is 0.501. The number of hydrogen-bond acceptors (Lipinski definition) is 2. The first-order valence-electron chi connectivity index (χ1n) is 8.46. The molecule has 3 atom stereocenters. The Labute approximate surface area is 119 Å². The van der Waals surface area contributed by atoms with Gasteiger partial charge in [-0.3, -0.25) is 0 Å². The Morgan fingerprint density at radius 3 is 2.68 bits per heavy atom. The van der Waals surface area contributed by atoms with Crippen molar-refractivity contribution in [2.24, 2.45) is 17.3 Å². The molecule has 2 aliphatic rings. The number of hydrogen-bond donors (Lipinski definition) is 1. The molecule has 0 amide bonds. The van der Waals surface area contributed by atoms with Gasteiger partial charge in [0.15, 0.2) is 0 Å². The summed E-state index contributed by atoms with van der Waals surface area (Å²) < 4.78 is 5.76. The van der Waals surface area contributed by atoms with E-state index in [4.69, 9.17) is 4.74 Å². The van der Waals surface area contributed by atoms with E-state index in [1.165, 1.54) is 44.9 Å². The van der Waals surface area contributed by atoms with E-state index in [1.807, 2.05) is 0 Å². The van der Waals surface area contributed by atoms with E-state index in [0.29, 0.717) is 11.5 Å². The summed E-state index contributed by atoms with van der Waals surface area (Å²) in [5.41, 5.74) is 0.501. The van der Waals surface area contributed by atoms with Crippen LogP contribution in [0, 0.1) is 17.3 Å². The maximum absolute atomic E-state index is 5.76. The van der Waals surface area contributed by atoms with Gasteiger partial charge in [0, 0.05) is 12.6 Å². The van der Waals surface area contributed by atoms with Crippen molar-refractivity contribution in [3.8, 4) is 0 Å². The molecule has 1 aliphatic heterocycles. The van der Waals surface area contributed by atoms with Gasteiger partial charge in [-0.05, 0) is 55.9 Å². The van der Waals surface area contributed by atoms with Crippen LogP contribution in [0.15, 0.2) is 0 Å². The predicted octanol–water partition coefficient (Wildman–Crippen LogP) is 4.00. The van der Waals surface area contributed by atoms with E-state index in [2.05, 4.69) is 26.1 Å². The number of rotatable bonds is 5. The van der Waals surface area contributed by atoms with E-state index < -0.39 is 0 Å². The highest BCUT2D eigenvalue weighted by Crippen LogP contribution is 2.44. The summed E-state index contributed by atoms with van der Waals surface area (Å²) >= 11 is 0. The molecule has 1 heterocycles. The minimum atomic E-state index is 0.501. The normalized spacial score (nSPS) is 33.0. The molecule has 0 aromatic rings. The second kappa shape index (κ2) is 7.08. The van der Waals surface area contributed by atoms with Crippen LogP contribution in [-0.4, -0.2) is 25.8 Å². The minimum Gasteiger partial charge on any atom is -0.381 e. The Bertz CT molecular complexity index is 258. The molecule has 0 aromatic carbocycles. The quantitative estimate of drug-likeness (QED) is 0.813. The molecule has 2 fully saturated rings. The third-order valence-electron chi connectivity index (χ3n) is 5.36. The van der Waals surface area contributed by atoms with Crippen molar-refractivity contribution in [2.45, 2.75) is 71.8 Å². The van der Waals surface area contributed by atoms with Crippen LogP contribution in [0.4, 0.5) is 0 Å². The first-order valence-corrected chi connectivity index (χ1v) is 8.46. The first-order chi connectivity index (χ1) is 9.15. The number of ether oxygens (including phenoxy) is 1. The lowest BCUT2D eigenvalue weighted by molar-refractivity contribution is -0.000492. The first kappa shape index (κ1) is 15.3. The van der Waals surface area contributed by atoms with Gasteiger partial charge < -0.3 is 10.1 Å². The van der Waals surface area contributed by atoms with Gasteiger partial charge in [-0.1, -0.05) is 33.6 Å². The Hall–Kier alpha value is -0.0800. The highest BCUT2D eigenvalue weighted by molar-refractivity contribution is 4.94. The van der Waals surface area contributed by atoms with Crippen LogP contribution in [0.5, 0.6) is 0 Å². The molecule has 19 heavy (non-hydrogen) atoms. The molecule has 1 aliphatic carbocycles. The summed E-state index contributed by atoms with van der Waals surface area (Å²) in [4.78, 5) is 0. The standard InChI is InChI=1S/C17H33NO/c1-4-11-18-16(14-8-7-12-19-13-14)15-9-5-6-10-17(15,2)3/h14-16,18H,4-13H2,1-3H3. The fourth-order valence-electron chi connectivity index (χ4n) is 4.18. The van der Waals surface area contributed by atoms with Crippen molar-refractivity contribution in [3.05, 3.63) is 0 Å². The molecule has 0 aromatic heterocycles. The Kier molecular flexibility index (Phi) is 5.70. The zero-order valence-electron chi connectivity index (χ0n) is 13.2. The van der Waals surface area contributed by atoms with E-state index in [1.54, 1.807) is 0 Å². The van der Waals surface area contributed by atoms with Crippen LogP contribution >= 0.6 is 0 Å². The van der Waals surface area contributed by atoms with Crippen molar-refractivity contribution >= 4 is 0 Å². The fourth-order valence-corrected chi connectivity index (χ4v) is 4.18. The Morgan fingerprint density at radius 1 is 1.21 bits per heavy atom. The number of nitrogens with one attached hydrogen (secondary N) is 1. The summed E-state index contributed by atoms with van der Waals surface area (Å²) in [5.74, 6) is 1.57. The summed E-state index contributed by atoms with van der Waals surface area (Å²) in [6, 6.07) is 0.676. The molecule has 112 valence electrons. The van der Waals surface area contributed by atoms with Crippen molar-refractivity contribution in [1.29, 1.82) is 0 Å². The topological polar surface area (TPSA) is 21.3 Å². The Balaban J connectivity index is 2.06. The maximum Gasteiger partial charge on any atom is 0.0509 e. The molecule has 2 rings (SSSR count). The van der Waals surface area contributed by atoms with E-state index in [0.717, 1.165) is 31.6 Å². The fraction of sp³-hybridized carbons (Fsp3) is 1.00. The van der Waals surface area contributed by atoms with E-state index in [9.17, 15) is 0 Å². The monoisotopic (exact) mass is 267 g/mol. The van der Waals surface area contributed by atoms with Gasteiger partial charge in [0.05, 0.1) is 6.61 Å². The molecule has 1 saturated heterocycles. The maximum atomic E-state index is 5.76. The zero-order chi connectivity index (χ0) is 13.7. The SMILES string of the molecule is CCCNC(C1CCCOC1)C1CCCCC1(C)C. The van der Waals surface area contributed by atoms with Gasteiger partial charge in [0.25, 0.3) is 0 Å². The highest BCUT2D eigenvalue weighted by atomic mass is 16.5. The van der Waals surface area contributed by atoms with Crippen LogP contribution in [0.1, 0.15) is 65.7 Å². The lowest BCUT2D eigenvalue weighted by Gasteiger charge is -2.47. The van der Waals surface area contributed by atoms with Crippen LogP contribution in [0.3, 0.4) is 0 Å². The highest BCUT2D eigenvalue weighted by Gasteiger charge is 2.40. The van der Waals surface area contributed by atoms with Gasteiger partial charge >= 0.3 is 0 Å². The summed E-state index contributed by atoms with van der Waals surface area (Å²) in [6.07, 6.45) is 9.49. The summed E-state index contributed by atoms with van der Waals surface area (Å²) in [6.45, 7) is 10.4. The van der Waals surface area contributed by atoms with Crippen LogP contribution in [0.2, 0.25) is 0 Å². The Morgan fingerprint density at radius 2 is 2.05 bits per heavy atom. The summed E-state index contributed by atoms with van der Waals surface area (Å²) in [5, 5.41) is 3.88. The molecule has 2 heteroatoms. The van der Waals surface area contributed by atoms with Gasteiger partial charge in [-0.15, -0.1) is 0 Å². The molecule has 1 saturated carbocycles. The largest absolute Gasteiger partial charge is 0.381 e. The third kappa shape index (κ3) is 3.95. The lowest BCUT2D eigenvalue weighted by Crippen LogP contribution is -2.51. The predicted molar refractivity (Wildman–Crippen MR) is 81.4 cm³/mol. The van der Waals surface area contributed by atoms with Crippen molar-refractivity contribution < 1.29 is 4.74 Å². The van der Waals surface area contributed by atoms with Crippen molar-refractivity contribution in [1.82, 2.24) is 5.32 Å². The second-order valence-corrected chi connectivity index (χ2v) is 7.30. The van der Waals surface area contributed by atoms with E-state index in [-0.39, 0.29) is 0 Å². The molecule has 2 nitrogen and oxygen atoms in total. The summed E-state index contributed by atoms with van der Waals surface area (Å²) in [7, 11) is 0. The van der Waals surface area contributed by atoms with Crippen molar-refractivity contribution in [2.75, 3.05) is 19.8 Å². The second-order valence-electron chi connectivity index (χ2n) is 7.30. The lowest BCUT2D eigenvalue weighted by atomic mass is 9.63. The third-order valence-corrected chi connectivity index (χ3v) is 5.36. The van der Waals surface area contributed by atoms with E-state index >= 15 is 0 Å². The van der Waals surface area contributed by atoms with Gasteiger partial charge in [0.2, 0.25) is 0 Å². The molecule has 3 unspecified atom stereocenters. The molecular formula is C17H33NO. The molecule has 0 spiro atoms. The molecule has 0 bridgehead atoms. The smallest absolute Gasteiger partial charge is 0.0509 e. The molecule has 1 N–H and O–H groups in total. The van der Waals surface area contributed by atoms with Crippen LogP contribution in [-0.2, 0) is 4.74 Å². The van der Waals surface area contributed by atoms with Crippen LogP contribution in [0.25, 0.3) is 0 Å². The molecule has 0 radical (unpaired) electrons. The average Bonchev–Trinajstić information content (AvgIpc) is 2.42. The zero-order valence-corrected chi connectivity index (χ0v) is 13.2. The molecular weight excluding hydrogens is 234 g/mol. The van der Waals surface area contributed by atoms with Crippen molar-refractivity contribution in [3.63, 3.8) is 0 Å². The van der Waals surface area contributed by atoms with Gasteiger partial charge in [-0.2, -0.15) is 0 Å². The average molecular weight is 267 g/mol.